The first-order valence-electron chi connectivity index (χ1n) is 8.41. The number of halogens is 4. The molecule has 152 valence electrons. The maximum Gasteiger partial charge on any atom is 0.311 e. The van der Waals surface area contributed by atoms with E-state index >= 15 is 0 Å². The summed E-state index contributed by atoms with van der Waals surface area (Å²) in [5.74, 6) is -2.19. The molecule has 0 bridgehead atoms. The van der Waals surface area contributed by atoms with Gasteiger partial charge < -0.3 is 15.0 Å². The Morgan fingerprint density at radius 2 is 1.76 bits per heavy atom. The molecule has 1 aliphatic rings. The summed E-state index contributed by atoms with van der Waals surface area (Å²) in [5.41, 5.74) is 0.843. The number of nitrogens with one attached hydrogen (secondary N) is 1. The van der Waals surface area contributed by atoms with Gasteiger partial charge in [0.2, 0.25) is 5.91 Å². The van der Waals surface area contributed by atoms with Crippen molar-refractivity contribution in [2.75, 3.05) is 23.4 Å². The van der Waals surface area contributed by atoms with Crippen LogP contribution in [0.3, 0.4) is 0 Å². The Balaban J connectivity index is 1.56. The lowest BCUT2D eigenvalue weighted by molar-refractivity contribution is -0.151. The number of hydrogen-bond donors (Lipinski definition) is 1. The molecule has 3 rings (SSSR count). The minimum atomic E-state index is -0.713. The Hall–Kier alpha value is -1.99. The van der Waals surface area contributed by atoms with Gasteiger partial charge in [-0.25, -0.2) is 0 Å². The molecule has 2 aromatic carbocycles. The molecule has 0 radical (unpaired) electrons. The molecule has 1 aliphatic heterocycles. The lowest BCUT2D eigenvalue weighted by Gasteiger charge is -2.18. The fourth-order valence-electron chi connectivity index (χ4n) is 2.82. The zero-order valence-corrected chi connectivity index (χ0v) is 17.8. The van der Waals surface area contributed by atoms with Crippen molar-refractivity contribution in [3.05, 3.63) is 56.5 Å². The zero-order chi connectivity index (χ0) is 21.1. The van der Waals surface area contributed by atoms with Gasteiger partial charge >= 0.3 is 5.97 Å². The van der Waals surface area contributed by atoms with E-state index in [-0.39, 0.29) is 23.9 Å². The average Bonchev–Trinajstić information content (AvgIpc) is 3.06. The third-order valence-electron chi connectivity index (χ3n) is 4.21. The third kappa shape index (κ3) is 5.34. The van der Waals surface area contributed by atoms with Crippen LogP contribution >= 0.6 is 46.4 Å². The molecule has 1 fully saturated rings. The van der Waals surface area contributed by atoms with E-state index in [2.05, 4.69) is 5.32 Å². The quantitative estimate of drug-likeness (QED) is 0.628. The second kappa shape index (κ2) is 9.22. The van der Waals surface area contributed by atoms with Crippen LogP contribution in [0, 0.1) is 5.92 Å². The Kier molecular flexibility index (Phi) is 6.90. The number of anilines is 2. The number of hydrogen-bond acceptors (Lipinski definition) is 4. The Bertz CT molecular complexity index is 983. The van der Waals surface area contributed by atoms with Crippen molar-refractivity contribution < 1.29 is 19.1 Å². The minimum absolute atomic E-state index is 0.0455. The third-order valence-corrected chi connectivity index (χ3v) is 5.50. The van der Waals surface area contributed by atoms with Crippen molar-refractivity contribution in [3.63, 3.8) is 0 Å². The maximum atomic E-state index is 12.3. The van der Waals surface area contributed by atoms with Gasteiger partial charge in [0.25, 0.3) is 5.91 Å². The number of amides is 2. The summed E-state index contributed by atoms with van der Waals surface area (Å²) in [6, 6.07) is 9.31. The molecule has 0 aromatic heterocycles. The molecule has 1 saturated heterocycles. The molecule has 1 N–H and O–H groups in total. The summed E-state index contributed by atoms with van der Waals surface area (Å²) in [5, 5.41) is 3.94. The maximum absolute atomic E-state index is 12.3. The first-order chi connectivity index (χ1) is 13.7. The largest absolute Gasteiger partial charge is 0.455 e. The van der Waals surface area contributed by atoms with Gasteiger partial charge in [-0.05, 0) is 36.4 Å². The second-order valence-corrected chi connectivity index (χ2v) is 7.94. The Morgan fingerprint density at radius 3 is 2.48 bits per heavy atom. The molecule has 6 nitrogen and oxygen atoms in total. The topological polar surface area (TPSA) is 75.7 Å². The summed E-state index contributed by atoms with van der Waals surface area (Å²) in [7, 11) is 0. The standard InChI is InChI=1S/C19H14Cl4N2O4/c20-11-1-3-14(22)16(6-11)25-8-10(5-18(25)27)19(28)29-9-17(26)24-12-2-4-13(21)15(23)7-12/h1-4,6-7,10H,5,8-9H2,(H,24,26)/t10-/m0/s1. The normalized spacial score (nSPS) is 16.1. The van der Waals surface area contributed by atoms with Crippen LogP contribution in [0.5, 0.6) is 0 Å². The van der Waals surface area contributed by atoms with Crippen molar-refractivity contribution in [2.45, 2.75) is 6.42 Å². The number of carbonyl (C=O) groups is 3. The van der Waals surface area contributed by atoms with Crippen LogP contribution < -0.4 is 10.2 Å². The summed E-state index contributed by atoms with van der Waals surface area (Å²) in [6.07, 6.45) is -0.0455. The molecular formula is C19H14Cl4N2O4. The van der Waals surface area contributed by atoms with Gasteiger partial charge in [-0.1, -0.05) is 46.4 Å². The number of esters is 1. The van der Waals surface area contributed by atoms with Gasteiger partial charge in [-0.2, -0.15) is 0 Å². The van der Waals surface area contributed by atoms with Gasteiger partial charge in [0, 0.05) is 23.7 Å². The average molecular weight is 476 g/mol. The number of ether oxygens (including phenoxy) is 1. The van der Waals surface area contributed by atoms with Crippen LogP contribution in [0.1, 0.15) is 6.42 Å². The summed E-state index contributed by atoms with van der Waals surface area (Å²) < 4.78 is 5.05. The van der Waals surface area contributed by atoms with Gasteiger partial charge in [0.15, 0.2) is 6.61 Å². The molecule has 0 aliphatic carbocycles. The van der Waals surface area contributed by atoms with E-state index < -0.39 is 24.4 Å². The smallest absolute Gasteiger partial charge is 0.311 e. The monoisotopic (exact) mass is 474 g/mol. The predicted octanol–water partition coefficient (Wildman–Crippen LogP) is 4.84. The summed E-state index contributed by atoms with van der Waals surface area (Å²) in [4.78, 5) is 38.0. The van der Waals surface area contributed by atoms with Crippen LogP contribution in [-0.2, 0) is 19.1 Å². The molecule has 0 spiro atoms. The van der Waals surface area contributed by atoms with E-state index in [4.69, 9.17) is 51.1 Å². The molecule has 1 atom stereocenters. The van der Waals surface area contributed by atoms with E-state index in [1.165, 1.54) is 17.0 Å². The van der Waals surface area contributed by atoms with E-state index in [0.29, 0.717) is 26.4 Å². The summed E-state index contributed by atoms with van der Waals surface area (Å²) in [6.45, 7) is -0.409. The zero-order valence-electron chi connectivity index (χ0n) is 14.8. The lowest BCUT2D eigenvalue weighted by atomic mass is 10.1. The SMILES string of the molecule is O=C(COC(=O)[C@H]1CC(=O)N(c2cc(Cl)ccc2Cl)C1)Nc1ccc(Cl)c(Cl)c1. The Morgan fingerprint density at radius 1 is 1.03 bits per heavy atom. The second-order valence-electron chi connectivity index (χ2n) is 6.29. The van der Waals surface area contributed by atoms with Crippen LogP contribution in [0.25, 0.3) is 0 Å². The fourth-order valence-corrected chi connectivity index (χ4v) is 3.50. The van der Waals surface area contributed by atoms with E-state index in [1.54, 1.807) is 24.3 Å². The molecule has 10 heteroatoms. The van der Waals surface area contributed by atoms with Crippen molar-refractivity contribution in [1.29, 1.82) is 0 Å². The van der Waals surface area contributed by atoms with E-state index in [0.717, 1.165) is 0 Å². The molecule has 2 amide bonds. The highest BCUT2D eigenvalue weighted by Crippen LogP contribution is 2.33. The first-order valence-corrected chi connectivity index (χ1v) is 9.92. The van der Waals surface area contributed by atoms with Crippen LogP contribution in [-0.4, -0.2) is 30.9 Å². The van der Waals surface area contributed by atoms with Crippen molar-refractivity contribution >= 4 is 75.6 Å². The highest BCUT2D eigenvalue weighted by molar-refractivity contribution is 6.42. The van der Waals surface area contributed by atoms with Gasteiger partial charge in [0.1, 0.15) is 0 Å². The van der Waals surface area contributed by atoms with Crippen LogP contribution in [0.15, 0.2) is 36.4 Å². The highest BCUT2D eigenvalue weighted by atomic mass is 35.5. The highest BCUT2D eigenvalue weighted by Gasteiger charge is 2.37. The summed E-state index contributed by atoms with van der Waals surface area (Å²) >= 11 is 23.8. The molecule has 29 heavy (non-hydrogen) atoms. The number of carbonyl (C=O) groups excluding carboxylic acids is 3. The molecule has 0 saturated carbocycles. The van der Waals surface area contributed by atoms with Crippen LogP contribution in [0.4, 0.5) is 11.4 Å². The molecular weight excluding hydrogens is 462 g/mol. The number of nitrogens with zero attached hydrogens (tertiary/aromatic N) is 1. The van der Waals surface area contributed by atoms with Gasteiger partial charge in [0.05, 0.1) is 26.7 Å². The van der Waals surface area contributed by atoms with Crippen molar-refractivity contribution in [3.8, 4) is 0 Å². The predicted molar refractivity (Wildman–Crippen MR) is 113 cm³/mol. The van der Waals surface area contributed by atoms with E-state index in [1.807, 2.05) is 0 Å². The van der Waals surface area contributed by atoms with Gasteiger partial charge in [-0.3, -0.25) is 14.4 Å². The van der Waals surface area contributed by atoms with E-state index in [9.17, 15) is 14.4 Å². The molecule has 1 heterocycles. The Labute approximate surface area is 186 Å². The van der Waals surface area contributed by atoms with Crippen LogP contribution in [0.2, 0.25) is 20.1 Å². The minimum Gasteiger partial charge on any atom is -0.455 e. The number of rotatable bonds is 5. The molecule has 0 unspecified atom stereocenters. The van der Waals surface area contributed by atoms with Crippen molar-refractivity contribution in [2.24, 2.45) is 5.92 Å². The van der Waals surface area contributed by atoms with Crippen molar-refractivity contribution in [1.82, 2.24) is 0 Å². The lowest BCUT2D eigenvalue weighted by Crippen LogP contribution is -2.28. The van der Waals surface area contributed by atoms with Gasteiger partial charge in [-0.15, -0.1) is 0 Å². The number of benzene rings is 2. The molecule has 2 aromatic rings. The fraction of sp³-hybridized carbons (Fsp3) is 0.211. The first kappa shape index (κ1) is 21.7.